The molecule has 394 valence electrons. The molecule has 20 nitrogen and oxygen atoms in total. The van der Waals surface area contributed by atoms with E-state index in [1.54, 1.807) is 29.0 Å². The molecule has 0 aromatic heterocycles. The van der Waals surface area contributed by atoms with E-state index >= 15 is 0 Å². The van der Waals surface area contributed by atoms with Crippen molar-refractivity contribution in [3.8, 4) is 0 Å². The van der Waals surface area contributed by atoms with Gasteiger partial charge in [0.05, 0.1) is 24.5 Å². The van der Waals surface area contributed by atoms with Crippen LogP contribution in [0.5, 0.6) is 0 Å². The maximum Gasteiger partial charge on any atom is 0.251 e. The molecule has 0 aliphatic carbocycles. The van der Waals surface area contributed by atoms with E-state index in [9.17, 15) is 43.2 Å². The molecule has 0 saturated carbocycles. The van der Waals surface area contributed by atoms with E-state index in [2.05, 4.69) is 20.7 Å². The molecule has 7 atom stereocenters. The minimum absolute atomic E-state index is 0.0250. The van der Waals surface area contributed by atoms with Crippen molar-refractivity contribution in [2.45, 2.75) is 149 Å². The quantitative estimate of drug-likeness (QED) is 0.0374. The van der Waals surface area contributed by atoms with E-state index in [-0.39, 0.29) is 91.0 Å². The Morgan fingerprint density at radius 1 is 0.803 bits per heavy atom. The van der Waals surface area contributed by atoms with Crippen LogP contribution in [0.15, 0.2) is 29.4 Å². The van der Waals surface area contributed by atoms with Gasteiger partial charge in [-0.25, -0.2) is 0 Å². The molecule has 20 heteroatoms. The fourth-order valence-electron chi connectivity index (χ4n) is 10.1. The Morgan fingerprint density at radius 3 is 1.99 bits per heavy atom. The van der Waals surface area contributed by atoms with Crippen molar-refractivity contribution in [3.63, 3.8) is 0 Å². The van der Waals surface area contributed by atoms with Crippen LogP contribution in [0.25, 0.3) is 10.4 Å². The third kappa shape index (κ3) is 17.2. The number of carbonyl (C=O) groups excluding carboxylic acids is 9. The summed E-state index contributed by atoms with van der Waals surface area (Å²) in [5, 5.41) is 8.64. The predicted molar refractivity (Wildman–Crippen MR) is 269 cm³/mol. The van der Waals surface area contributed by atoms with Gasteiger partial charge >= 0.3 is 0 Å². The third-order valence-electron chi connectivity index (χ3n) is 13.8. The summed E-state index contributed by atoms with van der Waals surface area (Å²) in [6.07, 6.45) is 3.37. The lowest BCUT2D eigenvalue weighted by Crippen LogP contribution is -2.57. The fourth-order valence-corrected chi connectivity index (χ4v) is 10.1. The summed E-state index contributed by atoms with van der Waals surface area (Å²) in [4.78, 5) is 131. The summed E-state index contributed by atoms with van der Waals surface area (Å²) in [6.45, 7) is 12.7. The van der Waals surface area contributed by atoms with Crippen LogP contribution < -0.4 is 22.1 Å². The van der Waals surface area contributed by atoms with Crippen molar-refractivity contribution in [2.24, 2.45) is 46.2 Å². The van der Waals surface area contributed by atoms with Gasteiger partial charge < -0.3 is 36.8 Å². The molecule has 2 saturated heterocycles. The minimum atomic E-state index is -1.30. The lowest BCUT2D eigenvalue weighted by molar-refractivity contribution is -0.154. The molecule has 2 fully saturated rings. The van der Waals surface area contributed by atoms with E-state index in [4.69, 9.17) is 17.0 Å². The number of Topliss-reactive ketones (excluding diaryl/α,β-unsaturated/α-hetero) is 3. The zero-order chi connectivity index (χ0) is 53.1. The lowest BCUT2D eigenvalue weighted by Gasteiger charge is -2.38. The van der Waals surface area contributed by atoms with Crippen LogP contribution in [-0.4, -0.2) is 156 Å². The Morgan fingerprint density at radius 2 is 1.42 bits per heavy atom. The predicted octanol–water partition coefficient (Wildman–Crippen LogP) is 3.58. The third-order valence-corrected chi connectivity index (χ3v) is 13.8. The van der Waals surface area contributed by atoms with E-state index in [1.807, 2.05) is 60.5 Å². The smallest absolute Gasteiger partial charge is 0.251 e. The normalized spacial score (nSPS) is 17.9. The Hall–Kier alpha value is -5.72. The molecule has 6 N–H and O–H groups in total. The average Bonchev–Trinajstić information content (AvgIpc) is 4.01. The standard InChI is InChI=1S/C51H81N11O9/c1-31(2)37(29-43(65)45(32(3)4)59(7)8)49(69)60(9)46(33(5)6)51(71)62-27-13-16-40(62)50(70)61-26-12-15-39(61)41(63)22-19-34-17-20-35(21-18-34)48(68)57-38(30-44(53)66)42(64)28-36(14-10-11-23-52)47(67)55-24-25-56-58-54/h17-18,20-21,31-33,36-40,45-46H,10-16,19,22-30,52H2,1-9H3,(H2,53,66)(H,55,67)(H,57,68)/t36-,37-,38-,39-,40-,45-,46-/m0/s1. The molecular formula is C51H81N11O9. The molecule has 71 heavy (non-hydrogen) atoms. The lowest BCUT2D eigenvalue weighted by atomic mass is 9.84. The Kier molecular flexibility index (Phi) is 24.3. The topological polar surface area (TPSA) is 291 Å². The summed E-state index contributed by atoms with van der Waals surface area (Å²) in [5.41, 5.74) is 20.5. The Labute approximate surface area is 419 Å². The van der Waals surface area contributed by atoms with Crippen molar-refractivity contribution < 1.29 is 43.2 Å². The molecule has 1 aromatic rings. The summed E-state index contributed by atoms with van der Waals surface area (Å²) in [7, 11) is 5.32. The molecule has 6 amide bonds. The van der Waals surface area contributed by atoms with Gasteiger partial charge in [-0.05, 0) is 107 Å². The van der Waals surface area contributed by atoms with Crippen molar-refractivity contribution in [3.05, 3.63) is 45.8 Å². The monoisotopic (exact) mass is 992 g/mol. The number of likely N-dealkylation sites (N-methyl/N-ethyl adjacent to an activating group) is 2. The highest BCUT2D eigenvalue weighted by Gasteiger charge is 2.46. The number of aryl methyl sites for hydroxylation is 1. The van der Waals surface area contributed by atoms with Crippen LogP contribution in [0, 0.1) is 29.6 Å². The highest BCUT2D eigenvalue weighted by atomic mass is 16.2. The number of nitrogens with two attached hydrogens (primary N) is 2. The second-order valence-corrected chi connectivity index (χ2v) is 20.4. The summed E-state index contributed by atoms with van der Waals surface area (Å²) >= 11 is 0. The first-order valence-corrected chi connectivity index (χ1v) is 25.3. The molecule has 0 radical (unpaired) electrons. The first-order chi connectivity index (χ1) is 33.5. The number of rotatable bonds is 30. The van der Waals surface area contributed by atoms with E-state index in [1.165, 1.54) is 17.0 Å². The second-order valence-electron chi connectivity index (χ2n) is 20.4. The van der Waals surface area contributed by atoms with Gasteiger partial charge in [0.1, 0.15) is 12.1 Å². The van der Waals surface area contributed by atoms with Crippen LogP contribution in [-0.2, 0) is 44.8 Å². The highest BCUT2D eigenvalue weighted by molar-refractivity contribution is 6.00. The van der Waals surface area contributed by atoms with Gasteiger partial charge in [-0.15, -0.1) is 0 Å². The summed E-state index contributed by atoms with van der Waals surface area (Å²) in [5.74, 6) is -5.31. The number of ketones is 3. The number of carbonyl (C=O) groups is 9. The number of nitrogens with one attached hydrogen (secondary N) is 2. The first kappa shape index (κ1) is 59.6. The van der Waals surface area contributed by atoms with Crippen LogP contribution in [0.2, 0.25) is 0 Å². The number of hydrogen-bond acceptors (Lipinski definition) is 12. The molecule has 0 unspecified atom stereocenters. The number of azide groups is 1. The van der Waals surface area contributed by atoms with E-state index in [0.29, 0.717) is 71.0 Å². The van der Waals surface area contributed by atoms with Gasteiger partial charge in [0, 0.05) is 74.8 Å². The molecule has 1 aromatic carbocycles. The molecule has 3 rings (SSSR count). The van der Waals surface area contributed by atoms with Crippen LogP contribution >= 0.6 is 0 Å². The zero-order valence-electron chi connectivity index (χ0n) is 43.6. The van der Waals surface area contributed by atoms with Crippen LogP contribution in [0.4, 0.5) is 0 Å². The minimum Gasteiger partial charge on any atom is -0.370 e. The van der Waals surface area contributed by atoms with Gasteiger partial charge in [0.2, 0.25) is 29.5 Å². The summed E-state index contributed by atoms with van der Waals surface area (Å²) in [6, 6.07) is 2.47. The largest absolute Gasteiger partial charge is 0.370 e. The summed E-state index contributed by atoms with van der Waals surface area (Å²) < 4.78 is 0. The molecule has 2 heterocycles. The zero-order valence-corrected chi connectivity index (χ0v) is 43.6. The molecule has 0 bridgehead atoms. The van der Waals surface area contributed by atoms with Gasteiger partial charge in [-0.2, -0.15) is 0 Å². The van der Waals surface area contributed by atoms with Crippen LogP contribution in [0.1, 0.15) is 128 Å². The Bertz CT molecular complexity index is 2060. The molecular weight excluding hydrogens is 911 g/mol. The van der Waals surface area contributed by atoms with Crippen molar-refractivity contribution in [1.82, 2.24) is 30.2 Å². The molecule has 0 spiro atoms. The second kappa shape index (κ2) is 29.0. The van der Waals surface area contributed by atoms with Crippen molar-refractivity contribution in [1.29, 1.82) is 0 Å². The van der Waals surface area contributed by atoms with E-state index in [0.717, 1.165) is 5.56 Å². The number of hydrogen-bond donors (Lipinski definition) is 4. The van der Waals surface area contributed by atoms with Gasteiger partial charge in [0.15, 0.2) is 17.3 Å². The van der Waals surface area contributed by atoms with E-state index < -0.39 is 65.9 Å². The number of likely N-dealkylation sites (tertiary alicyclic amines) is 2. The van der Waals surface area contributed by atoms with Gasteiger partial charge in [0.25, 0.3) is 5.91 Å². The average molecular weight is 992 g/mol. The van der Waals surface area contributed by atoms with Gasteiger partial charge in [-0.3, -0.25) is 48.1 Å². The molecule has 2 aliphatic rings. The molecule has 2 aliphatic heterocycles. The number of primary amides is 1. The number of nitrogens with zero attached hydrogens (tertiary/aromatic N) is 7. The maximum atomic E-state index is 14.5. The van der Waals surface area contributed by atoms with Crippen molar-refractivity contribution >= 4 is 52.8 Å². The van der Waals surface area contributed by atoms with Gasteiger partial charge in [-0.1, -0.05) is 65.2 Å². The maximum absolute atomic E-state index is 14.5. The Balaban J connectivity index is 1.67. The SMILES string of the molecule is CC(C)[C@H](CC(=O)[C@H](C(C)C)N(C)C)C(=O)N(C)[C@H](C(=O)N1CCC[C@H]1C(=O)N1CCC[C@H]1C(=O)CCc1ccc(C(=O)N[C@@H](CC(N)=O)C(=O)C[C@H](CCCCN)C(=O)NCCN=[N+]=[N-])cc1)C(C)C. The number of amides is 6. The highest BCUT2D eigenvalue weighted by Crippen LogP contribution is 2.30. The fraction of sp³-hybridized carbons (Fsp3) is 0.706. The number of unbranched alkanes of at least 4 members (excludes halogenated alkanes) is 1. The van der Waals surface area contributed by atoms with Crippen LogP contribution in [0.3, 0.4) is 0 Å². The number of benzene rings is 1. The first-order valence-electron chi connectivity index (χ1n) is 25.3. The van der Waals surface area contributed by atoms with Crippen molar-refractivity contribution in [2.75, 3.05) is 53.9 Å².